The first-order chi connectivity index (χ1) is 11.8. The van der Waals surface area contributed by atoms with Crippen LogP contribution in [0.4, 0.5) is 0 Å². The number of carbonyl (C=O) groups is 2. The summed E-state index contributed by atoms with van der Waals surface area (Å²) in [5.74, 6) is -0.346. The molecule has 2 aromatic carbocycles. The quantitative estimate of drug-likeness (QED) is 0.714. The van der Waals surface area contributed by atoms with Crippen molar-refractivity contribution in [1.82, 2.24) is 10.9 Å². The Hall–Kier alpha value is -2.05. The second kappa shape index (κ2) is 8.87. The summed E-state index contributed by atoms with van der Waals surface area (Å²) in [5, 5.41) is 0.602. The van der Waals surface area contributed by atoms with Crippen molar-refractivity contribution in [1.29, 1.82) is 0 Å². The minimum Gasteiger partial charge on any atom is -0.490 e. The fourth-order valence-corrected chi connectivity index (χ4v) is 2.55. The van der Waals surface area contributed by atoms with Crippen LogP contribution in [0.3, 0.4) is 0 Å². The highest BCUT2D eigenvalue weighted by molar-refractivity contribution is 9.10. The van der Waals surface area contributed by atoms with Crippen molar-refractivity contribution in [2.45, 2.75) is 26.4 Å². The van der Waals surface area contributed by atoms with Crippen LogP contribution < -0.4 is 15.6 Å². The number of benzene rings is 2. The molecule has 2 N–H and O–H groups in total. The third kappa shape index (κ3) is 6.07. The summed E-state index contributed by atoms with van der Waals surface area (Å²) in [7, 11) is 0. The Bertz CT molecular complexity index is 763. The molecule has 0 aromatic heterocycles. The predicted octanol–water partition coefficient (Wildman–Crippen LogP) is 3.89. The van der Waals surface area contributed by atoms with E-state index in [2.05, 4.69) is 26.8 Å². The van der Waals surface area contributed by atoms with E-state index in [0.717, 1.165) is 10.0 Å². The number of hydrogen-bond donors (Lipinski definition) is 2. The van der Waals surface area contributed by atoms with Gasteiger partial charge in [0.1, 0.15) is 5.75 Å². The van der Waals surface area contributed by atoms with Gasteiger partial charge in [-0.05, 0) is 49.7 Å². The molecule has 7 heteroatoms. The average molecular weight is 426 g/mol. The molecule has 2 rings (SSSR count). The van der Waals surface area contributed by atoms with E-state index in [9.17, 15) is 9.59 Å². The number of nitrogens with one attached hydrogen (secondary N) is 2. The normalized spacial score (nSPS) is 10.4. The molecule has 132 valence electrons. The van der Waals surface area contributed by atoms with Gasteiger partial charge in [-0.25, -0.2) is 0 Å². The van der Waals surface area contributed by atoms with Gasteiger partial charge in [0.05, 0.1) is 18.1 Å². The Morgan fingerprint density at radius 3 is 2.44 bits per heavy atom. The Balaban J connectivity index is 1.98. The number of ether oxygens (including phenoxy) is 1. The Kier molecular flexibility index (Phi) is 6.84. The van der Waals surface area contributed by atoms with E-state index in [1.54, 1.807) is 42.5 Å². The van der Waals surface area contributed by atoms with Crippen LogP contribution >= 0.6 is 27.5 Å². The molecule has 0 fully saturated rings. The Morgan fingerprint density at radius 1 is 1.12 bits per heavy atom. The van der Waals surface area contributed by atoms with Crippen LogP contribution in [-0.4, -0.2) is 17.9 Å². The number of carbonyl (C=O) groups excluding carboxylic acids is 2. The van der Waals surface area contributed by atoms with E-state index in [0.29, 0.717) is 16.3 Å². The number of halogens is 2. The highest BCUT2D eigenvalue weighted by Crippen LogP contribution is 2.24. The Labute approximate surface area is 159 Å². The van der Waals surface area contributed by atoms with E-state index < -0.39 is 5.91 Å². The average Bonchev–Trinajstić information content (AvgIpc) is 2.56. The van der Waals surface area contributed by atoms with Crippen LogP contribution in [0.25, 0.3) is 0 Å². The molecule has 5 nitrogen and oxygen atoms in total. The zero-order valence-corrected chi connectivity index (χ0v) is 16.1. The van der Waals surface area contributed by atoms with Crippen molar-refractivity contribution in [2.75, 3.05) is 0 Å². The summed E-state index contributed by atoms with van der Waals surface area (Å²) < 4.78 is 6.37. The highest BCUT2D eigenvalue weighted by Gasteiger charge is 2.15. The zero-order valence-electron chi connectivity index (χ0n) is 13.8. The fraction of sp³-hybridized carbons (Fsp3) is 0.222. The lowest BCUT2D eigenvalue weighted by molar-refractivity contribution is -0.121. The molecule has 0 unspecified atom stereocenters. The van der Waals surface area contributed by atoms with Gasteiger partial charge in [0.2, 0.25) is 5.91 Å². The minimum absolute atomic E-state index is 0.0766. The molecule has 2 aromatic rings. The van der Waals surface area contributed by atoms with Crippen LogP contribution in [-0.2, 0) is 11.2 Å². The molecule has 0 saturated heterocycles. The molecule has 0 aliphatic rings. The van der Waals surface area contributed by atoms with Gasteiger partial charge in [-0.15, -0.1) is 0 Å². The highest BCUT2D eigenvalue weighted by atomic mass is 79.9. The largest absolute Gasteiger partial charge is 0.490 e. The van der Waals surface area contributed by atoms with E-state index in [1.165, 1.54) is 0 Å². The molecule has 0 bridgehead atoms. The summed E-state index contributed by atoms with van der Waals surface area (Å²) in [4.78, 5) is 24.3. The first-order valence-electron chi connectivity index (χ1n) is 7.65. The van der Waals surface area contributed by atoms with Crippen LogP contribution in [0.2, 0.25) is 5.02 Å². The summed E-state index contributed by atoms with van der Waals surface area (Å²) in [6, 6.07) is 12.1. The molecule has 25 heavy (non-hydrogen) atoms. The maximum Gasteiger partial charge on any atom is 0.273 e. The molecule has 0 radical (unpaired) electrons. The second-order valence-electron chi connectivity index (χ2n) is 5.61. The van der Waals surface area contributed by atoms with Gasteiger partial charge in [0.15, 0.2) is 0 Å². The first kappa shape index (κ1) is 19.3. The van der Waals surface area contributed by atoms with Gasteiger partial charge in [-0.2, -0.15) is 0 Å². The molecule has 0 spiro atoms. The van der Waals surface area contributed by atoms with Crippen molar-refractivity contribution in [2.24, 2.45) is 0 Å². The topological polar surface area (TPSA) is 67.4 Å². The van der Waals surface area contributed by atoms with Gasteiger partial charge >= 0.3 is 0 Å². The Morgan fingerprint density at radius 2 is 1.80 bits per heavy atom. The van der Waals surface area contributed by atoms with E-state index in [1.807, 2.05) is 13.8 Å². The lowest BCUT2D eigenvalue weighted by Gasteiger charge is -2.15. The second-order valence-corrected chi connectivity index (χ2v) is 6.96. The van der Waals surface area contributed by atoms with Gasteiger partial charge in [0.25, 0.3) is 5.91 Å². The first-order valence-corrected chi connectivity index (χ1v) is 8.82. The van der Waals surface area contributed by atoms with Crippen molar-refractivity contribution >= 4 is 39.3 Å². The molecule has 0 atom stereocenters. The smallest absolute Gasteiger partial charge is 0.273 e. The molecular formula is C18H18BrClN2O3. The predicted molar refractivity (Wildman–Crippen MR) is 101 cm³/mol. The standard InChI is InChI=1S/C18H18BrClN2O3/c1-11(2)25-16-8-5-13(19)10-15(16)18(24)22-21-17(23)9-12-3-6-14(20)7-4-12/h3-8,10-11H,9H2,1-2H3,(H,21,23)(H,22,24). The summed E-state index contributed by atoms with van der Waals surface area (Å²) >= 11 is 9.14. The third-order valence-corrected chi connectivity index (χ3v) is 3.89. The SMILES string of the molecule is CC(C)Oc1ccc(Br)cc1C(=O)NNC(=O)Cc1ccc(Cl)cc1. The minimum atomic E-state index is -0.457. The van der Waals surface area contributed by atoms with Gasteiger partial charge in [0, 0.05) is 9.50 Å². The summed E-state index contributed by atoms with van der Waals surface area (Å²) in [6.07, 6.45) is 0.0536. The third-order valence-electron chi connectivity index (χ3n) is 3.14. The lowest BCUT2D eigenvalue weighted by atomic mass is 10.1. The van der Waals surface area contributed by atoms with E-state index in [4.69, 9.17) is 16.3 Å². The monoisotopic (exact) mass is 424 g/mol. The number of amides is 2. The maximum absolute atomic E-state index is 12.4. The zero-order chi connectivity index (χ0) is 18.4. The summed E-state index contributed by atoms with van der Waals surface area (Å²) in [5.41, 5.74) is 5.93. The van der Waals surface area contributed by atoms with Gasteiger partial charge in [-0.1, -0.05) is 39.7 Å². The number of hydrogen-bond acceptors (Lipinski definition) is 3. The van der Waals surface area contributed by atoms with Crippen molar-refractivity contribution in [3.63, 3.8) is 0 Å². The van der Waals surface area contributed by atoms with Crippen molar-refractivity contribution < 1.29 is 14.3 Å². The molecule has 0 aliphatic heterocycles. The molecular weight excluding hydrogens is 408 g/mol. The molecule has 2 amide bonds. The molecule has 0 aliphatic carbocycles. The van der Waals surface area contributed by atoms with Crippen molar-refractivity contribution in [3.05, 3.63) is 63.1 Å². The number of hydrazine groups is 1. The fourth-order valence-electron chi connectivity index (χ4n) is 2.06. The van der Waals surface area contributed by atoms with E-state index >= 15 is 0 Å². The van der Waals surface area contributed by atoms with Crippen LogP contribution in [0.15, 0.2) is 46.9 Å². The van der Waals surface area contributed by atoms with Crippen LogP contribution in [0, 0.1) is 0 Å². The molecule has 0 saturated carbocycles. The van der Waals surface area contributed by atoms with Gasteiger partial charge < -0.3 is 4.74 Å². The lowest BCUT2D eigenvalue weighted by Crippen LogP contribution is -2.42. The van der Waals surface area contributed by atoms with Crippen LogP contribution in [0.5, 0.6) is 5.75 Å². The molecule has 0 heterocycles. The number of rotatable bonds is 5. The van der Waals surface area contributed by atoms with Crippen LogP contribution in [0.1, 0.15) is 29.8 Å². The van der Waals surface area contributed by atoms with E-state index in [-0.39, 0.29) is 18.4 Å². The summed E-state index contributed by atoms with van der Waals surface area (Å²) in [6.45, 7) is 3.75. The maximum atomic E-state index is 12.4. The van der Waals surface area contributed by atoms with Crippen molar-refractivity contribution in [3.8, 4) is 5.75 Å². The van der Waals surface area contributed by atoms with Gasteiger partial charge in [-0.3, -0.25) is 20.4 Å².